The SMILES string of the molecule is COSc1cc2c(cc1COC(C)=O)nc1n2CCN(C(=O)OC(C)(C)C)C1C(C)C. The lowest BCUT2D eigenvalue weighted by Crippen LogP contribution is -2.46. The first-order valence-corrected chi connectivity index (χ1v) is 11.1. The highest BCUT2D eigenvalue weighted by Crippen LogP contribution is 2.37. The second kappa shape index (κ2) is 9.08. The molecule has 1 atom stereocenters. The number of carbonyl (C=O) groups is 2. The fraction of sp³-hybridized carbons (Fsp3) is 0.591. The third-order valence-electron chi connectivity index (χ3n) is 4.99. The Balaban J connectivity index is 2.05. The van der Waals surface area contributed by atoms with Crippen molar-refractivity contribution in [3.8, 4) is 0 Å². The van der Waals surface area contributed by atoms with E-state index in [-0.39, 0.29) is 30.6 Å². The van der Waals surface area contributed by atoms with E-state index in [0.29, 0.717) is 13.1 Å². The van der Waals surface area contributed by atoms with Crippen molar-refractivity contribution >= 4 is 35.1 Å². The maximum atomic E-state index is 12.9. The summed E-state index contributed by atoms with van der Waals surface area (Å²) in [7, 11) is 1.60. The molecule has 1 aromatic carbocycles. The molecule has 0 N–H and O–H groups in total. The Morgan fingerprint density at radius 3 is 2.55 bits per heavy atom. The Kier molecular flexibility index (Phi) is 6.85. The normalized spacial score (nSPS) is 16.5. The summed E-state index contributed by atoms with van der Waals surface area (Å²) in [5, 5.41) is 0. The Morgan fingerprint density at radius 2 is 1.97 bits per heavy atom. The third-order valence-corrected chi connectivity index (χ3v) is 5.71. The van der Waals surface area contributed by atoms with E-state index in [1.54, 1.807) is 12.0 Å². The van der Waals surface area contributed by atoms with Crippen LogP contribution in [0.5, 0.6) is 0 Å². The van der Waals surface area contributed by atoms with Crippen LogP contribution >= 0.6 is 12.0 Å². The van der Waals surface area contributed by atoms with Crippen molar-refractivity contribution < 1.29 is 23.2 Å². The number of benzene rings is 1. The summed E-state index contributed by atoms with van der Waals surface area (Å²) in [6.45, 7) is 12.5. The lowest BCUT2D eigenvalue weighted by molar-refractivity contribution is -0.142. The van der Waals surface area contributed by atoms with Gasteiger partial charge in [-0.2, -0.15) is 0 Å². The van der Waals surface area contributed by atoms with E-state index >= 15 is 0 Å². The number of carbonyl (C=O) groups excluding carboxylic acids is 2. The van der Waals surface area contributed by atoms with Gasteiger partial charge in [0.15, 0.2) is 0 Å². The van der Waals surface area contributed by atoms with Gasteiger partial charge in [0.2, 0.25) is 0 Å². The van der Waals surface area contributed by atoms with Crippen LogP contribution in [0, 0.1) is 5.92 Å². The van der Waals surface area contributed by atoms with Gasteiger partial charge in [-0.25, -0.2) is 9.78 Å². The molecule has 0 aliphatic carbocycles. The molecule has 0 radical (unpaired) electrons. The van der Waals surface area contributed by atoms with Gasteiger partial charge in [0.05, 0.1) is 24.2 Å². The fourth-order valence-corrected chi connectivity index (χ4v) is 4.37. The van der Waals surface area contributed by atoms with Crippen LogP contribution in [-0.4, -0.2) is 45.8 Å². The highest BCUT2D eigenvalue weighted by Gasteiger charge is 2.37. The average molecular weight is 450 g/mol. The predicted molar refractivity (Wildman–Crippen MR) is 119 cm³/mol. The minimum atomic E-state index is -0.561. The Morgan fingerprint density at radius 1 is 1.26 bits per heavy atom. The molecule has 8 nitrogen and oxygen atoms in total. The number of hydrogen-bond donors (Lipinski definition) is 0. The monoisotopic (exact) mass is 449 g/mol. The minimum Gasteiger partial charge on any atom is -0.461 e. The molecule has 1 aromatic heterocycles. The van der Waals surface area contributed by atoms with Gasteiger partial charge in [-0.1, -0.05) is 13.8 Å². The van der Waals surface area contributed by atoms with Crippen LogP contribution in [0.1, 0.15) is 59.0 Å². The number of rotatable bonds is 5. The van der Waals surface area contributed by atoms with Gasteiger partial charge >= 0.3 is 12.1 Å². The second-order valence-electron chi connectivity index (χ2n) is 8.96. The van der Waals surface area contributed by atoms with Gasteiger partial charge < -0.3 is 18.2 Å². The van der Waals surface area contributed by atoms with Crippen molar-refractivity contribution in [3.63, 3.8) is 0 Å². The van der Waals surface area contributed by atoms with E-state index in [1.807, 2.05) is 32.9 Å². The predicted octanol–water partition coefficient (Wildman–Crippen LogP) is 4.70. The van der Waals surface area contributed by atoms with Crippen LogP contribution in [0.15, 0.2) is 17.0 Å². The smallest absolute Gasteiger partial charge is 0.410 e. The van der Waals surface area contributed by atoms with E-state index in [2.05, 4.69) is 18.4 Å². The molecule has 0 saturated heterocycles. The summed E-state index contributed by atoms with van der Waals surface area (Å²) < 4.78 is 18.3. The highest BCUT2D eigenvalue weighted by molar-refractivity contribution is 7.94. The van der Waals surface area contributed by atoms with Gasteiger partial charge in [0.25, 0.3) is 0 Å². The van der Waals surface area contributed by atoms with Crippen LogP contribution in [0.2, 0.25) is 0 Å². The van der Waals surface area contributed by atoms with Gasteiger partial charge in [-0.3, -0.25) is 9.69 Å². The summed E-state index contributed by atoms with van der Waals surface area (Å²) in [5.74, 6) is 0.641. The average Bonchev–Trinajstić information content (AvgIpc) is 3.01. The lowest BCUT2D eigenvalue weighted by atomic mass is 10.0. The standard InChI is InChI=1S/C22H31N3O5S/c1-13(2)19-20-23-16-10-15(12-29-14(3)26)18(31-28-7)11-17(16)24(20)8-9-25(19)21(27)30-22(4,5)6/h10-11,13,19H,8-9,12H2,1-7H3. The van der Waals surface area contributed by atoms with E-state index in [4.69, 9.17) is 18.6 Å². The number of esters is 1. The van der Waals surface area contributed by atoms with Gasteiger partial charge in [0.1, 0.15) is 18.0 Å². The van der Waals surface area contributed by atoms with Crippen molar-refractivity contribution in [2.75, 3.05) is 13.7 Å². The number of ether oxygens (including phenoxy) is 2. The van der Waals surface area contributed by atoms with E-state index < -0.39 is 5.60 Å². The number of nitrogens with zero attached hydrogens (tertiary/aromatic N) is 3. The molecule has 1 unspecified atom stereocenters. The molecule has 1 aliphatic heterocycles. The van der Waals surface area contributed by atoms with Crippen molar-refractivity contribution in [2.24, 2.45) is 5.92 Å². The Hall–Kier alpha value is -2.26. The number of imidazole rings is 1. The molecule has 31 heavy (non-hydrogen) atoms. The van der Waals surface area contributed by atoms with Gasteiger partial charge in [-0.15, -0.1) is 0 Å². The Bertz CT molecular complexity index is 980. The van der Waals surface area contributed by atoms with Crippen molar-refractivity contribution in [1.29, 1.82) is 0 Å². The van der Waals surface area contributed by atoms with Gasteiger partial charge in [0, 0.05) is 42.5 Å². The first-order chi connectivity index (χ1) is 14.5. The largest absolute Gasteiger partial charge is 0.461 e. The molecule has 2 heterocycles. The maximum Gasteiger partial charge on any atom is 0.410 e. The number of aromatic nitrogens is 2. The molecule has 170 valence electrons. The van der Waals surface area contributed by atoms with Crippen LogP contribution in [0.3, 0.4) is 0 Å². The molecule has 3 rings (SSSR count). The van der Waals surface area contributed by atoms with Crippen LogP contribution in [0.25, 0.3) is 11.0 Å². The topological polar surface area (TPSA) is 82.9 Å². The van der Waals surface area contributed by atoms with Crippen LogP contribution in [-0.2, 0) is 31.6 Å². The molecule has 0 saturated carbocycles. The molecular formula is C22H31N3O5S. The quantitative estimate of drug-likeness (QED) is 0.483. The highest BCUT2D eigenvalue weighted by atomic mass is 32.2. The molecule has 2 aromatic rings. The van der Waals surface area contributed by atoms with E-state index in [0.717, 1.165) is 27.3 Å². The molecule has 1 aliphatic rings. The lowest BCUT2D eigenvalue weighted by Gasteiger charge is -2.38. The number of hydrogen-bond acceptors (Lipinski definition) is 7. The summed E-state index contributed by atoms with van der Waals surface area (Å²) in [4.78, 5) is 31.7. The second-order valence-corrected chi connectivity index (χ2v) is 9.90. The summed E-state index contributed by atoms with van der Waals surface area (Å²) in [6.07, 6.45) is -0.323. The van der Waals surface area contributed by atoms with E-state index in [9.17, 15) is 9.59 Å². The Labute approximate surface area is 187 Å². The van der Waals surface area contributed by atoms with Crippen LogP contribution < -0.4 is 0 Å². The summed E-state index contributed by atoms with van der Waals surface area (Å²) in [6, 6.07) is 3.74. The molecule has 9 heteroatoms. The molecule has 0 bridgehead atoms. The maximum absolute atomic E-state index is 12.9. The zero-order valence-corrected chi connectivity index (χ0v) is 20.0. The summed E-state index contributed by atoms with van der Waals surface area (Å²) in [5.41, 5.74) is 2.04. The minimum absolute atomic E-state index is 0.150. The first kappa shape index (κ1) is 23.4. The summed E-state index contributed by atoms with van der Waals surface area (Å²) >= 11 is 1.22. The first-order valence-electron chi connectivity index (χ1n) is 10.4. The number of amides is 1. The zero-order chi connectivity index (χ0) is 22.9. The molecule has 0 fully saturated rings. The molecule has 1 amide bonds. The molecular weight excluding hydrogens is 418 g/mol. The van der Waals surface area contributed by atoms with E-state index in [1.165, 1.54) is 19.0 Å². The zero-order valence-electron chi connectivity index (χ0n) is 19.2. The van der Waals surface area contributed by atoms with Crippen LogP contribution in [0.4, 0.5) is 4.79 Å². The van der Waals surface area contributed by atoms with Crippen molar-refractivity contribution in [2.45, 2.75) is 71.2 Å². The number of fused-ring (bicyclic) bond motifs is 3. The third kappa shape index (κ3) is 5.15. The molecule has 0 spiro atoms. The van der Waals surface area contributed by atoms with Crippen molar-refractivity contribution in [3.05, 3.63) is 23.5 Å². The van der Waals surface area contributed by atoms with Crippen molar-refractivity contribution in [1.82, 2.24) is 14.5 Å². The fourth-order valence-electron chi connectivity index (χ4n) is 3.80. The van der Waals surface area contributed by atoms with Gasteiger partial charge in [-0.05, 0) is 38.8 Å².